The number of carbonyl (C=O) groups is 2. The van der Waals surface area contributed by atoms with Crippen molar-refractivity contribution in [3.05, 3.63) is 11.4 Å². The van der Waals surface area contributed by atoms with Crippen molar-refractivity contribution in [2.75, 3.05) is 0 Å². The number of hydrogen-bond donors (Lipinski definition) is 2. The Kier molecular flexibility index (Phi) is 2.53. The van der Waals surface area contributed by atoms with E-state index in [0.717, 1.165) is 19.3 Å². The average molecular weight is 250 g/mol. The quantitative estimate of drug-likeness (QED) is 0.791. The van der Waals surface area contributed by atoms with Gasteiger partial charge in [-0.2, -0.15) is 0 Å². The molecule has 1 saturated carbocycles. The summed E-state index contributed by atoms with van der Waals surface area (Å²) in [6.07, 6.45) is 3.28. The first-order chi connectivity index (χ1) is 8.65. The molecule has 0 aromatic carbocycles. The van der Waals surface area contributed by atoms with Crippen molar-refractivity contribution in [2.45, 2.75) is 44.2 Å². The predicted octanol–water partition coefficient (Wildman–Crippen LogP) is 0.132. The van der Waals surface area contributed by atoms with Gasteiger partial charge < -0.3 is 10.4 Å². The second-order valence-electron chi connectivity index (χ2n) is 4.89. The van der Waals surface area contributed by atoms with Gasteiger partial charge in [0.05, 0.1) is 12.2 Å². The molecular formula is C11H14N4O3. The number of nitrogens with zero attached hydrogens (tertiary/aromatic N) is 3. The van der Waals surface area contributed by atoms with E-state index in [1.807, 2.05) is 0 Å². The summed E-state index contributed by atoms with van der Waals surface area (Å²) in [6, 6.07) is 0.0401. The van der Waals surface area contributed by atoms with E-state index in [0.29, 0.717) is 18.7 Å². The van der Waals surface area contributed by atoms with Gasteiger partial charge in [0.2, 0.25) is 5.91 Å². The van der Waals surface area contributed by atoms with Gasteiger partial charge in [0.25, 0.3) is 0 Å². The summed E-state index contributed by atoms with van der Waals surface area (Å²) in [7, 11) is 0. The molecule has 0 bridgehead atoms. The van der Waals surface area contributed by atoms with Gasteiger partial charge in [0, 0.05) is 18.4 Å². The number of rotatable bonds is 4. The molecule has 1 aromatic heterocycles. The zero-order valence-electron chi connectivity index (χ0n) is 9.80. The average Bonchev–Trinajstić information content (AvgIpc) is 2.94. The van der Waals surface area contributed by atoms with Crippen LogP contribution >= 0.6 is 0 Å². The van der Waals surface area contributed by atoms with Crippen LogP contribution in [0, 0.1) is 0 Å². The largest absolute Gasteiger partial charge is 0.476 e. The van der Waals surface area contributed by atoms with Crippen LogP contribution in [0.2, 0.25) is 0 Å². The Morgan fingerprint density at radius 2 is 2.22 bits per heavy atom. The van der Waals surface area contributed by atoms with Gasteiger partial charge in [-0.3, -0.25) is 4.79 Å². The van der Waals surface area contributed by atoms with Crippen molar-refractivity contribution in [1.82, 2.24) is 20.3 Å². The lowest BCUT2D eigenvalue weighted by molar-refractivity contribution is -0.119. The molecule has 96 valence electrons. The second-order valence-corrected chi connectivity index (χ2v) is 4.89. The van der Waals surface area contributed by atoms with Crippen molar-refractivity contribution < 1.29 is 14.7 Å². The molecule has 7 nitrogen and oxygen atoms in total. The minimum atomic E-state index is -1.03. The van der Waals surface area contributed by atoms with Crippen LogP contribution in [0.1, 0.15) is 47.8 Å². The smallest absolute Gasteiger partial charge is 0.358 e. The highest BCUT2D eigenvalue weighted by molar-refractivity contribution is 5.86. The number of carbonyl (C=O) groups excluding carboxylic acids is 1. The molecule has 2 fully saturated rings. The Bertz CT molecular complexity index is 506. The number of aromatic carboxylic acids is 1. The number of aromatic nitrogens is 3. The maximum atomic E-state index is 11.1. The van der Waals surface area contributed by atoms with Crippen molar-refractivity contribution in [2.24, 2.45) is 0 Å². The molecule has 2 N–H and O–H groups in total. The fourth-order valence-electron chi connectivity index (χ4n) is 2.39. The number of amides is 1. The Labute approximate surface area is 103 Å². The molecule has 1 aliphatic heterocycles. The van der Waals surface area contributed by atoms with E-state index in [4.69, 9.17) is 5.11 Å². The monoisotopic (exact) mass is 250 g/mol. The van der Waals surface area contributed by atoms with E-state index in [2.05, 4.69) is 15.6 Å². The van der Waals surface area contributed by atoms with Crippen LogP contribution in [0.5, 0.6) is 0 Å². The second kappa shape index (κ2) is 4.08. The summed E-state index contributed by atoms with van der Waals surface area (Å²) in [5.74, 6) is -0.714. The number of carboxylic acid groups (broad SMARTS) is 1. The Hall–Kier alpha value is -1.92. The Morgan fingerprint density at radius 3 is 2.78 bits per heavy atom. The van der Waals surface area contributed by atoms with Crippen LogP contribution in [0.4, 0.5) is 0 Å². The normalized spacial score (nSPS) is 23.1. The SMILES string of the molecule is O=C1CCC(Cn2nnc(C(=O)O)c2C2CC2)N1. The van der Waals surface area contributed by atoms with E-state index in [-0.39, 0.29) is 23.6 Å². The van der Waals surface area contributed by atoms with Gasteiger partial charge in [0.1, 0.15) is 0 Å². The third kappa shape index (κ3) is 1.96. The summed E-state index contributed by atoms with van der Waals surface area (Å²) in [4.78, 5) is 22.2. The van der Waals surface area contributed by atoms with E-state index in [1.165, 1.54) is 0 Å². The highest BCUT2D eigenvalue weighted by Crippen LogP contribution is 2.41. The molecule has 2 aliphatic rings. The van der Waals surface area contributed by atoms with Gasteiger partial charge in [-0.05, 0) is 19.3 Å². The number of carboxylic acids is 1. The first-order valence-electron chi connectivity index (χ1n) is 6.11. The van der Waals surface area contributed by atoms with E-state index in [9.17, 15) is 9.59 Å². The van der Waals surface area contributed by atoms with E-state index >= 15 is 0 Å². The zero-order valence-corrected chi connectivity index (χ0v) is 9.80. The summed E-state index contributed by atoms with van der Waals surface area (Å²) >= 11 is 0. The minimum Gasteiger partial charge on any atom is -0.476 e. The third-order valence-corrected chi connectivity index (χ3v) is 3.42. The molecule has 0 radical (unpaired) electrons. The lowest BCUT2D eigenvalue weighted by Crippen LogP contribution is -2.30. The fourth-order valence-corrected chi connectivity index (χ4v) is 2.39. The molecule has 1 saturated heterocycles. The maximum absolute atomic E-state index is 11.1. The van der Waals surface area contributed by atoms with Crippen molar-refractivity contribution in [1.29, 1.82) is 0 Å². The molecule has 7 heteroatoms. The van der Waals surface area contributed by atoms with Crippen LogP contribution in [0.25, 0.3) is 0 Å². The molecule has 1 unspecified atom stereocenters. The van der Waals surface area contributed by atoms with Gasteiger partial charge in [0.15, 0.2) is 5.69 Å². The molecule has 0 spiro atoms. The van der Waals surface area contributed by atoms with Crippen molar-refractivity contribution in [3.8, 4) is 0 Å². The summed E-state index contributed by atoms with van der Waals surface area (Å²) in [5, 5.41) is 19.6. The highest BCUT2D eigenvalue weighted by atomic mass is 16.4. The lowest BCUT2D eigenvalue weighted by Gasteiger charge is -2.11. The first-order valence-corrected chi connectivity index (χ1v) is 6.11. The molecule has 1 atom stereocenters. The molecule has 1 aliphatic carbocycles. The molecule has 2 heterocycles. The zero-order chi connectivity index (χ0) is 12.7. The van der Waals surface area contributed by atoms with Gasteiger partial charge in [-0.1, -0.05) is 5.21 Å². The Balaban J connectivity index is 1.83. The summed E-state index contributed by atoms with van der Waals surface area (Å²) < 4.78 is 1.65. The summed E-state index contributed by atoms with van der Waals surface area (Å²) in [5.41, 5.74) is 0.769. The van der Waals surface area contributed by atoms with Gasteiger partial charge in [-0.25, -0.2) is 9.48 Å². The van der Waals surface area contributed by atoms with Crippen LogP contribution in [0.3, 0.4) is 0 Å². The molecule has 1 aromatic rings. The number of hydrogen-bond acceptors (Lipinski definition) is 4. The van der Waals surface area contributed by atoms with Crippen LogP contribution in [-0.4, -0.2) is 38.0 Å². The minimum absolute atomic E-state index is 0.0401. The first kappa shape index (κ1) is 11.2. The predicted molar refractivity (Wildman–Crippen MR) is 60.1 cm³/mol. The summed E-state index contributed by atoms with van der Waals surface area (Å²) in [6.45, 7) is 0.512. The van der Waals surface area contributed by atoms with Crippen LogP contribution in [0.15, 0.2) is 0 Å². The van der Waals surface area contributed by atoms with Crippen molar-refractivity contribution >= 4 is 11.9 Å². The van der Waals surface area contributed by atoms with Crippen LogP contribution < -0.4 is 5.32 Å². The van der Waals surface area contributed by atoms with Crippen molar-refractivity contribution in [3.63, 3.8) is 0 Å². The molecule has 18 heavy (non-hydrogen) atoms. The Morgan fingerprint density at radius 1 is 1.44 bits per heavy atom. The highest BCUT2D eigenvalue weighted by Gasteiger charge is 2.34. The van der Waals surface area contributed by atoms with Gasteiger partial charge >= 0.3 is 5.97 Å². The van der Waals surface area contributed by atoms with Crippen LogP contribution in [-0.2, 0) is 11.3 Å². The molecule has 1 amide bonds. The third-order valence-electron chi connectivity index (χ3n) is 3.42. The number of nitrogens with one attached hydrogen (secondary N) is 1. The topological polar surface area (TPSA) is 97.1 Å². The lowest BCUT2D eigenvalue weighted by atomic mass is 10.2. The van der Waals surface area contributed by atoms with Gasteiger partial charge in [-0.15, -0.1) is 5.10 Å². The maximum Gasteiger partial charge on any atom is 0.358 e. The van der Waals surface area contributed by atoms with E-state index < -0.39 is 5.97 Å². The molecule has 3 rings (SSSR count). The standard InChI is InChI=1S/C11H14N4O3/c16-8-4-3-7(12-8)5-15-10(6-1-2-6)9(11(17)18)13-14-15/h6-7H,1-5H2,(H,12,16)(H,17,18). The van der Waals surface area contributed by atoms with E-state index in [1.54, 1.807) is 4.68 Å². The molecular weight excluding hydrogens is 236 g/mol. The fraction of sp³-hybridized carbons (Fsp3) is 0.636.